The van der Waals surface area contributed by atoms with Gasteiger partial charge in [0.25, 0.3) is 5.91 Å². The average Bonchev–Trinajstić information content (AvgIpc) is 3.04. The summed E-state index contributed by atoms with van der Waals surface area (Å²) in [5.74, 6) is -1.24. The van der Waals surface area contributed by atoms with Gasteiger partial charge in [-0.1, -0.05) is 19.1 Å². The number of aromatic hydroxyl groups is 1. The molecule has 0 saturated heterocycles. The predicted octanol–water partition coefficient (Wildman–Crippen LogP) is 3.28. The standard InChI is InChI=1S/C18H16N2O5S/c1-3-10-8-12(18(23)24-2)17(26-10)20-16(22)11-7-9-5-4-6-13(21)14(9)25-15(11)19/h4-8,19,21H,3H2,1-2H3,(H,20,22). The number of fused-ring (bicyclic) bond motifs is 1. The Morgan fingerprint density at radius 3 is 2.77 bits per heavy atom. The number of amides is 1. The zero-order chi connectivity index (χ0) is 18.8. The summed E-state index contributed by atoms with van der Waals surface area (Å²) in [6.45, 7) is 1.94. The maximum Gasteiger partial charge on any atom is 0.340 e. The number of thiophene rings is 1. The van der Waals surface area contributed by atoms with E-state index in [0.717, 1.165) is 4.88 Å². The van der Waals surface area contributed by atoms with Crippen LogP contribution in [0.3, 0.4) is 0 Å². The normalized spacial score (nSPS) is 10.7. The summed E-state index contributed by atoms with van der Waals surface area (Å²) < 4.78 is 10.0. The highest BCUT2D eigenvalue weighted by atomic mass is 32.1. The number of ether oxygens (including phenoxy) is 1. The van der Waals surface area contributed by atoms with Gasteiger partial charge in [0, 0.05) is 10.3 Å². The molecule has 0 aliphatic rings. The number of rotatable bonds is 4. The van der Waals surface area contributed by atoms with Crippen LogP contribution in [-0.2, 0) is 11.2 Å². The number of phenolic OH excluding ortho intramolecular Hbond substituents is 1. The Balaban J connectivity index is 2.00. The number of aryl methyl sites for hydroxylation is 1. The van der Waals surface area contributed by atoms with Gasteiger partial charge in [0.05, 0.1) is 12.7 Å². The van der Waals surface area contributed by atoms with E-state index in [2.05, 4.69) is 5.32 Å². The van der Waals surface area contributed by atoms with E-state index in [9.17, 15) is 14.7 Å². The molecule has 0 aliphatic carbocycles. The fraction of sp³-hybridized carbons (Fsp3) is 0.167. The number of nitrogens with one attached hydrogen (secondary N) is 2. The molecule has 3 rings (SSSR count). The van der Waals surface area contributed by atoms with Crippen molar-refractivity contribution in [3.8, 4) is 5.75 Å². The smallest absolute Gasteiger partial charge is 0.340 e. The van der Waals surface area contributed by atoms with Crippen molar-refractivity contribution < 1.29 is 23.8 Å². The van der Waals surface area contributed by atoms with Gasteiger partial charge < -0.3 is 19.6 Å². The quantitative estimate of drug-likeness (QED) is 0.608. The highest BCUT2D eigenvalue weighted by molar-refractivity contribution is 7.16. The number of hydrogen-bond acceptors (Lipinski definition) is 7. The maximum atomic E-state index is 12.6. The van der Waals surface area contributed by atoms with Crippen molar-refractivity contribution in [2.75, 3.05) is 12.4 Å². The molecule has 0 bridgehead atoms. The van der Waals surface area contributed by atoms with Crippen LogP contribution in [-0.4, -0.2) is 24.1 Å². The number of hydrogen-bond donors (Lipinski definition) is 3. The second-order valence-electron chi connectivity index (χ2n) is 5.44. The van der Waals surface area contributed by atoms with Gasteiger partial charge in [-0.3, -0.25) is 10.2 Å². The third-order valence-electron chi connectivity index (χ3n) is 3.78. The number of methoxy groups -OCH3 is 1. The Hall–Kier alpha value is -3.13. The molecule has 26 heavy (non-hydrogen) atoms. The highest BCUT2D eigenvalue weighted by Crippen LogP contribution is 2.30. The average molecular weight is 372 g/mol. The summed E-state index contributed by atoms with van der Waals surface area (Å²) in [7, 11) is 1.27. The molecule has 134 valence electrons. The lowest BCUT2D eigenvalue weighted by Crippen LogP contribution is -2.21. The Bertz CT molecular complexity index is 1070. The van der Waals surface area contributed by atoms with Crippen LogP contribution in [0.1, 0.15) is 32.5 Å². The zero-order valence-electron chi connectivity index (χ0n) is 14.1. The van der Waals surface area contributed by atoms with Crippen molar-refractivity contribution >= 4 is 39.2 Å². The molecule has 1 amide bonds. The summed E-state index contributed by atoms with van der Waals surface area (Å²) in [5.41, 5.74) is 0.00653. The minimum Gasteiger partial charge on any atom is -0.504 e. The van der Waals surface area contributed by atoms with E-state index >= 15 is 0 Å². The molecular weight excluding hydrogens is 356 g/mol. The Kier molecular flexibility index (Phi) is 4.77. The second-order valence-corrected chi connectivity index (χ2v) is 6.58. The van der Waals surface area contributed by atoms with Crippen LogP contribution in [0.15, 0.2) is 34.7 Å². The van der Waals surface area contributed by atoms with Crippen LogP contribution in [0, 0.1) is 5.41 Å². The molecule has 0 saturated carbocycles. The van der Waals surface area contributed by atoms with Gasteiger partial charge in [-0.25, -0.2) is 4.79 Å². The van der Waals surface area contributed by atoms with Crippen molar-refractivity contribution in [2.24, 2.45) is 0 Å². The van der Waals surface area contributed by atoms with Gasteiger partial charge in [-0.15, -0.1) is 11.3 Å². The number of phenols is 1. The van der Waals surface area contributed by atoms with Gasteiger partial charge in [-0.2, -0.15) is 0 Å². The van der Waals surface area contributed by atoms with Crippen LogP contribution >= 0.6 is 11.3 Å². The number of para-hydroxylation sites is 1. The summed E-state index contributed by atoms with van der Waals surface area (Å²) in [6.07, 6.45) is 0.707. The molecule has 7 nitrogen and oxygen atoms in total. The first-order chi connectivity index (χ1) is 12.4. The largest absolute Gasteiger partial charge is 0.504 e. The van der Waals surface area contributed by atoms with Gasteiger partial charge in [0.15, 0.2) is 11.3 Å². The Morgan fingerprint density at radius 1 is 1.31 bits per heavy atom. The molecule has 0 fully saturated rings. The number of carbonyl (C=O) groups is 2. The van der Waals surface area contributed by atoms with Crippen molar-refractivity contribution in [3.63, 3.8) is 0 Å². The molecular formula is C18H16N2O5S. The molecule has 2 heterocycles. The van der Waals surface area contributed by atoms with E-state index in [1.54, 1.807) is 18.2 Å². The van der Waals surface area contributed by atoms with Crippen molar-refractivity contribution in [1.29, 1.82) is 5.41 Å². The fourth-order valence-electron chi connectivity index (χ4n) is 2.45. The van der Waals surface area contributed by atoms with E-state index in [4.69, 9.17) is 14.6 Å². The zero-order valence-corrected chi connectivity index (χ0v) is 14.9. The number of carbonyl (C=O) groups excluding carboxylic acids is 2. The number of esters is 1. The minimum atomic E-state index is -0.585. The molecule has 0 spiro atoms. The monoisotopic (exact) mass is 372 g/mol. The molecule has 0 radical (unpaired) electrons. The van der Waals surface area contributed by atoms with Crippen LogP contribution in [0.5, 0.6) is 5.75 Å². The second kappa shape index (κ2) is 7.01. The maximum absolute atomic E-state index is 12.6. The molecule has 2 aromatic heterocycles. The third-order valence-corrected chi connectivity index (χ3v) is 4.98. The lowest BCUT2D eigenvalue weighted by atomic mass is 10.1. The first-order valence-electron chi connectivity index (χ1n) is 7.77. The van der Waals surface area contributed by atoms with E-state index in [1.165, 1.54) is 30.6 Å². The molecule has 0 atom stereocenters. The lowest BCUT2D eigenvalue weighted by molar-refractivity contribution is 0.0602. The summed E-state index contributed by atoms with van der Waals surface area (Å²) in [4.78, 5) is 25.5. The lowest BCUT2D eigenvalue weighted by Gasteiger charge is -2.07. The van der Waals surface area contributed by atoms with Crippen molar-refractivity contribution in [3.05, 3.63) is 51.9 Å². The molecule has 1 aromatic carbocycles. The minimum absolute atomic E-state index is 0.00892. The van der Waals surface area contributed by atoms with Gasteiger partial charge >= 0.3 is 5.97 Å². The van der Waals surface area contributed by atoms with Crippen LogP contribution < -0.4 is 10.9 Å². The first-order valence-corrected chi connectivity index (χ1v) is 8.59. The molecule has 8 heteroatoms. The topological polar surface area (TPSA) is 113 Å². The summed E-state index contributed by atoms with van der Waals surface area (Å²) in [6, 6.07) is 7.85. The van der Waals surface area contributed by atoms with E-state index in [0.29, 0.717) is 16.8 Å². The SMILES string of the molecule is CCc1cc(C(=O)OC)c(NC(=O)c2cc3cccc(O)c3oc2=N)s1. The molecule has 3 aromatic rings. The van der Waals surface area contributed by atoms with E-state index in [-0.39, 0.29) is 28.0 Å². The third kappa shape index (κ3) is 3.18. The fourth-order valence-corrected chi connectivity index (χ4v) is 3.43. The number of benzene rings is 1. The highest BCUT2D eigenvalue weighted by Gasteiger charge is 2.20. The van der Waals surface area contributed by atoms with E-state index in [1.807, 2.05) is 6.92 Å². The van der Waals surface area contributed by atoms with Crippen molar-refractivity contribution in [2.45, 2.75) is 13.3 Å². The number of anilines is 1. The molecule has 0 aliphatic heterocycles. The Morgan fingerprint density at radius 2 is 2.08 bits per heavy atom. The van der Waals surface area contributed by atoms with Gasteiger partial charge in [0.2, 0.25) is 5.55 Å². The Labute approximate surface area is 152 Å². The van der Waals surface area contributed by atoms with E-state index < -0.39 is 11.9 Å². The van der Waals surface area contributed by atoms with Crippen LogP contribution in [0.25, 0.3) is 11.0 Å². The van der Waals surface area contributed by atoms with Gasteiger partial charge in [-0.05, 0) is 24.6 Å². The van der Waals surface area contributed by atoms with Crippen LogP contribution in [0.4, 0.5) is 5.00 Å². The van der Waals surface area contributed by atoms with Gasteiger partial charge in [0.1, 0.15) is 10.6 Å². The molecule has 3 N–H and O–H groups in total. The molecule has 0 unspecified atom stereocenters. The van der Waals surface area contributed by atoms with Crippen LogP contribution in [0.2, 0.25) is 0 Å². The predicted molar refractivity (Wildman–Crippen MR) is 96.7 cm³/mol. The first kappa shape index (κ1) is 17.7. The summed E-state index contributed by atoms with van der Waals surface area (Å²) >= 11 is 1.27. The van der Waals surface area contributed by atoms with Crippen molar-refractivity contribution in [1.82, 2.24) is 0 Å². The summed E-state index contributed by atoms with van der Waals surface area (Å²) in [5, 5.41) is 21.2.